The smallest absolute Gasteiger partial charge is 0.158 e. The average Bonchev–Trinajstić information content (AvgIpc) is 2.46. The van der Waals surface area contributed by atoms with Crippen molar-refractivity contribution in [2.75, 3.05) is 0 Å². The zero-order valence-corrected chi connectivity index (χ0v) is 10.4. The molecular formula is C16H17NO. The van der Waals surface area contributed by atoms with E-state index in [-0.39, 0.29) is 11.7 Å². The highest BCUT2D eigenvalue weighted by molar-refractivity contribution is 5.95. The van der Waals surface area contributed by atoms with Crippen molar-refractivity contribution in [3.05, 3.63) is 41.5 Å². The van der Waals surface area contributed by atoms with E-state index in [9.17, 15) is 4.79 Å². The first-order valence-electron chi connectivity index (χ1n) is 6.51. The van der Waals surface area contributed by atoms with Crippen LogP contribution in [0, 0.1) is 17.2 Å². The highest BCUT2D eigenvalue weighted by Gasteiger charge is 2.18. The van der Waals surface area contributed by atoms with Gasteiger partial charge in [-0.25, -0.2) is 0 Å². The summed E-state index contributed by atoms with van der Waals surface area (Å²) in [5.41, 5.74) is 1.61. The number of carbonyl (C=O) groups is 1. The summed E-state index contributed by atoms with van der Waals surface area (Å²) in [5, 5.41) is 8.69. The molecule has 1 fully saturated rings. The van der Waals surface area contributed by atoms with Gasteiger partial charge in [-0.05, 0) is 36.6 Å². The van der Waals surface area contributed by atoms with Gasteiger partial charge in [-0.15, -0.1) is 0 Å². The molecule has 0 N–H and O–H groups in total. The molecule has 2 rings (SSSR count). The summed E-state index contributed by atoms with van der Waals surface area (Å²) in [6.45, 7) is 0. The maximum absolute atomic E-state index is 12.0. The highest BCUT2D eigenvalue weighted by Crippen LogP contribution is 2.24. The van der Waals surface area contributed by atoms with Gasteiger partial charge in [-0.1, -0.05) is 37.5 Å². The molecule has 0 aromatic heterocycles. The monoisotopic (exact) mass is 239 g/mol. The predicted octanol–water partition coefficient (Wildman–Crippen LogP) is 3.72. The van der Waals surface area contributed by atoms with E-state index in [1.807, 2.05) is 18.2 Å². The largest absolute Gasteiger partial charge is 0.295 e. The number of hydrogen-bond donors (Lipinski definition) is 0. The summed E-state index contributed by atoms with van der Waals surface area (Å²) < 4.78 is 0. The van der Waals surface area contributed by atoms with E-state index in [4.69, 9.17) is 5.26 Å². The number of nitrogens with zero attached hydrogens (tertiary/aromatic N) is 1. The normalized spacial score (nSPS) is 16.6. The van der Waals surface area contributed by atoms with Crippen molar-refractivity contribution < 1.29 is 4.79 Å². The Balaban J connectivity index is 1.96. The molecule has 0 aliphatic heterocycles. The van der Waals surface area contributed by atoms with Crippen molar-refractivity contribution in [1.29, 1.82) is 5.26 Å². The summed E-state index contributed by atoms with van der Waals surface area (Å²) >= 11 is 0. The first-order chi connectivity index (χ1) is 8.79. The molecule has 0 radical (unpaired) electrons. The second-order valence-corrected chi connectivity index (χ2v) is 4.80. The van der Waals surface area contributed by atoms with Crippen LogP contribution in [-0.2, 0) is 4.79 Å². The van der Waals surface area contributed by atoms with Crippen molar-refractivity contribution in [3.63, 3.8) is 0 Å². The third kappa shape index (κ3) is 3.30. The van der Waals surface area contributed by atoms with Crippen LogP contribution in [0.3, 0.4) is 0 Å². The third-order valence-electron chi connectivity index (χ3n) is 3.49. The number of benzene rings is 1. The zero-order chi connectivity index (χ0) is 12.8. The minimum Gasteiger partial charge on any atom is -0.295 e. The van der Waals surface area contributed by atoms with Gasteiger partial charge in [0.15, 0.2) is 5.78 Å². The van der Waals surface area contributed by atoms with Gasteiger partial charge in [-0.3, -0.25) is 4.79 Å². The molecule has 0 bridgehead atoms. The lowest BCUT2D eigenvalue weighted by molar-refractivity contribution is -0.119. The first kappa shape index (κ1) is 12.6. The zero-order valence-electron chi connectivity index (χ0n) is 10.4. The van der Waals surface area contributed by atoms with Crippen LogP contribution in [0.1, 0.15) is 43.2 Å². The second-order valence-electron chi connectivity index (χ2n) is 4.80. The third-order valence-corrected chi connectivity index (χ3v) is 3.49. The second kappa shape index (κ2) is 6.16. The topological polar surface area (TPSA) is 40.9 Å². The van der Waals surface area contributed by atoms with Crippen LogP contribution >= 0.6 is 0 Å². The van der Waals surface area contributed by atoms with Crippen LogP contribution in [0.2, 0.25) is 0 Å². The molecule has 2 nitrogen and oxygen atoms in total. The van der Waals surface area contributed by atoms with E-state index in [2.05, 4.69) is 6.07 Å². The molecule has 92 valence electrons. The van der Waals surface area contributed by atoms with E-state index in [0.29, 0.717) is 5.56 Å². The Bertz CT molecular complexity index is 473. The molecule has 0 heterocycles. The molecule has 1 aromatic carbocycles. The number of allylic oxidation sites excluding steroid dienone is 1. The molecule has 1 aliphatic carbocycles. The molecule has 0 unspecified atom stereocenters. The summed E-state index contributed by atoms with van der Waals surface area (Å²) in [6.07, 6.45) is 9.24. The van der Waals surface area contributed by atoms with E-state index in [1.54, 1.807) is 18.2 Å². The standard InChI is InChI=1S/C16H17NO/c17-12-14-8-6-13(7-9-14)10-11-16(18)15-4-2-1-3-5-15/h6-11,15H,1-5H2/b11-10+. The van der Waals surface area contributed by atoms with E-state index >= 15 is 0 Å². The maximum atomic E-state index is 12.0. The molecular weight excluding hydrogens is 222 g/mol. The summed E-state index contributed by atoms with van der Waals surface area (Å²) in [6, 6.07) is 9.35. The predicted molar refractivity (Wildman–Crippen MR) is 71.8 cm³/mol. The van der Waals surface area contributed by atoms with Crippen LogP contribution < -0.4 is 0 Å². The van der Waals surface area contributed by atoms with Gasteiger partial charge >= 0.3 is 0 Å². The lowest BCUT2D eigenvalue weighted by atomic mass is 9.86. The van der Waals surface area contributed by atoms with Crippen LogP contribution in [-0.4, -0.2) is 5.78 Å². The van der Waals surface area contributed by atoms with Gasteiger partial charge in [-0.2, -0.15) is 5.26 Å². The molecule has 0 saturated heterocycles. The van der Waals surface area contributed by atoms with E-state index in [0.717, 1.165) is 18.4 Å². The Morgan fingerprint density at radius 2 is 1.83 bits per heavy atom. The Kier molecular flexibility index (Phi) is 4.30. The number of ketones is 1. The molecule has 0 amide bonds. The summed E-state index contributed by atoms with van der Waals surface area (Å²) in [5.74, 6) is 0.479. The molecule has 0 atom stereocenters. The molecule has 2 heteroatoms. The van der Waals surface area contributed by atoms with Crippen molar-refractivity contribution >= 4 is 11.9 Å². The minimum atomic E-state index is 0.230. The quantitative estimate of drug-likeness (QED) is 0.754. The average molecular weight is 239 g/mol. The van der Waals surface area contributed by atoms with Gasteiger partial charge in [0.05, 0.1) is 11.6 Å². The lowest BCUT2D eigenvalue weighted by Crippen LogP contribution is -2.15. The lowest BCUT2D eigenvalue weighted by Gasteiger charge is -2.18. The fourth-order valence-electron chi connectivity index (χ4n) is 2.37. The molecule has 1 aromatic rings. The van der Waals surface area contributed by atoms with Gasteiger partial charge in [0.2, 0.25) is 0 Å². The number of hydrogen-bond acceptors (Lipinski definition) is 2. The minimum absolute atomic E-state index is 0.230. The fourth-order valence-corrected chi connectivity index (χ4v) is 2.37. The Hall–Kier alpha value is -1.88. The fraction of sp³-hybridized carbons (Fsp3) is 0.375. The molecule has 18 heavy (non-hydrogen) atoms. The van der Waals surface area contributed by atoms with Crippen molar-refractivity contribution in [1.82, 2.24) is 0 Å². The van der Waals surface area contributed by atoms with Gasteiger partial charge in [0, 0.05) is 5.92 Å². The highest BCUT2D eigenvalue weighted by atomic mass is 16.1. The Morgan fingerprint density at radius 1 is 1.17 bits per heavy atom. The van der Waals surface area contributed by atoms with E-state index < -0.39 is 0 Å². The summed E-state index contributed by atoms with van der Waals surface area (Å²) in [7, 11) is 0. The SMILES string of the molecule is N#Cc1ccc(/C=C/C(=O)C2CCCCC2)cc1. The van der Waals surface area contributed by atoms with Gasteiger partial charge in [0.25, 0.3) is 0 Å². The molecule has 1 aliphatic rings. The van der Waals surface area contributed by atoms with Crippen molar-refractivity contribution in [2.45, 2.75) is 32.1 Å². The van der Waals surface area contributed by atoms with Crippen LogP contribution in [0.4, 0.5) is 0 Å². The first-order valence-corrected chi connectivity index (χ1v) is 6.51. The van der Waals surface area contributed by atoms with Gasteiger partial charge in [0.1, 0.15) is 0 Å². The van der Waals surface area contributed by atoms with Crippen molar-refractivity contribution in [2.24, 2.45) is 5.92 Å². The number of nitriles is 1. The van der Waals surface area contributed by atoms with E-state index in [1.165, 1.54) is 19.3 Å². The molecule has 1 saturated carbocycles. The summed E-state index contributed by atoms with van der Waals surface area (Å²) in [4.78, 5) is 12.0. The Labute approximate surface area is 108 Å². The van der Waals surface area contributed by atoms with Crippen LogP contribution in [0.15, 0.2) is 30.3 Å². The maximum Gasteiger partial charge on any atom is 0.158 e. The number of carbonyl (C=O) groups excluding carboxylic acids is 1. The number of rotatable bonds is 3. The molecule has 0 spiro atoms. The van der Waals surface area contributed by atoms with Crippen LogP contribution in [0.25, 0.3) is 6.08 Å². The van der Waals surface area contributed by atoms with Crippen LogP contribution in [0.5, 0.6) is 0 Å². The Morgan fingerprint density at radius 3 is 2.44 bits per heavy atom. The van der Waals surface area contributed by atoms with Gasteiger partial charge < -0.3 is 0 Å². The van der Waals surface area contributed by atoms with Crippen molar-refractivity contribution in [3.8, 4) is 6.07 Å².